The molecule has 1 aliphatic carbocycles. The van der Waals surface area contributed by atoms with Crippen molar-refractivity contribution in [2.45, 2.75) is 58.5 Å². The number of ether oxygens (including phenoxy) is 1. The first kappa shape index (κ1) is 20.8. The third-order valence-corrected chi connectivity index (χ3v) is 6.79. The number of nitrogens with one attached hydrogen (secondary N) is 1. The van der Waals surface area contributed by atoms with E-state index in [9.17, 15) is 9.59 Å². The Labute approximate surface area is 173 Å². The third kappa shape index (κ3) is 4.55. The van der Waals surface area contributed by atoms with E-state index in [4.69, 9.17) is 4.74 Å². The van der Waals surface area contributed by atoms with E-state index in [0.717, 1.165) is 41.1 Å². The molecule has 0 saturated carbocycles. The largest absolute Gasteiger partial charge is 0.462 e. The third-order valence-electron chi connectivity index (χ3n) is 4.82. The molecule has 1 N–H and O–H groups in total. The van der Waals surface area contributed by atoms with Gasteiger partial charge in [0, 0.05) is 16.3 Å². The summed E-state index contributed by atoms with van der Waals surface area (Å²) in [5, 5.41) is 4.04. The maximum atomic E-state index is 12.5. The lowest BCUT2D eigenvalue weighted by Crippen LogP contribution is -2.17. The van der Waals surface area contributed by atoms with Crippen LogP contribution in [0.4, 0.5) is 5.00 Å². The van der Waals surface area contributed by atoms with Gasteiger partial charge in [-0.25, -0.2) is 14.8 Å². The number of aryl methyl sites for hydroxylation is 3. The molecule has 0 radical (unpaired) electrons. The zero-order chi connectivity index (χ0) is 20.3. The normalized spacial score (nSPS) is 13.1. The topological polar surface area (TPSA) is 81.2 Å². The molecule has 2 aromatic heterocycles. The number of hydrogen-bond acceptors (Lipinski definition) is 7. The van der Waals surface area contributed by atoms with E-state index in [2.05, 4.69) is 15.3 Å². The van der Waals surface area contributed by atoms with Crippen LogP contribution in [0.15, 0.2) is 5.16 Å². The van der Waals surface area contributed by atoms with Crippen molar-refractivity contribution in [1.82, 2.24) is 9.97 Å². The van der Waals surface area contributed by atoms with Gasteiger partial charge in [0.2, 0.25) is 5.91 Å². The summed E-state index contributed by atoms with van der Waals surface area (Å²) in [6.45, 7) is 7.87. The highest BCUT2D eigenvalue weighted by molar-refractivity contribution is 7.99. The number of aromatic nitrogens is 2. The lowest BCUT2D eigenvalue weighted by Gasteiger charge is -2.17. The molecular formula is C20H25N3O3S2. The number of fused-ring (bicyclic) bond motifs is 1. The molecule has 1 amide bonds. The van der Waals surface area contributed by atoms with Crippen molar-refractivity contribution in [1.29, 1.82) is 0 Å². The minimum Gasteiger partial charge on any atom is -0.462 e. The van der Waals surface area contributed by atoms with Crippen molar-refractivity contribution in [3.63, 3.8) is 0 Å². The second-order valence-corrected chi connectivity index (χ2v) is 8.94. The number of nitrogens with zero attached hydrogens (tertiary/aromatic N) is 2. The van der Waals surface area contributed by atoms with Gasteiger partial charge in [0.1, 0.15) is 5.00 Å². The van der Waals surface area contributed by atoms with Crippen molar-refractivity contribution >= 4 is 40.0 Å². The van der Waals surface area contributed by atoms with Crippen molar-refractivity contribution in [3.8, 4) is 0 Å². The number of amides is 1. The van der Waals surface area contributed by atoms with Gasteiger partial charge in [-0.05, 0) is 64.5 Å². The minimum atomic E-state index is -0.402. The van der Waals surface area contributed by atoms with E-state index in [-0.39, 0.29) is 11.7 Å². The Morgan fingerprint density at radius 3 is 2.68 bits per heavy atom. The van der Waals surface area contributed by atoms with Gasteiger partial charge in [-0.2, -0.15) is 0 Å². The summed E-state index contributed by atoms with van der Waals surface area (Å²) >= 11 is 2.72. The first-order valence-corrected chi connectivity index (χ1v) is 11.3. The van der Waals surface area contributed by atoms with E-state index in [1.54, 1.807) is 6.92 Å². The van der Waals surface area contributed by atoms with Crippen molar-refractivity contribution in [3.05, 3.63) is 33.0 Å². The zero-order valence-corrected chi connectivity index (χ0v) is 18.3. The first-order chi connectivity index (χ1) is 13.4. The number of thiophene rings is 1. The number of thioether (sulfide) groups is 1. The summed E-state index contributed by atoms with van der Waals surface area (Å²) in [4.78, 5) is 34.9. The Balaban J connectivity index is 1.68. The van der Waals surface area contributed by atoms with Crippen molar-refractivity contribution in [2.75, 3.05) is 17.7 Å². The van der Waals surface area contributed by atoms with E-state index in [0.29, 0.717) is 22.3 Å². The monoisotopic (exact) mass is 419 g/mol. The zero-order valence-electron chi connectivity index (χ0n) is 16.7. The Hall–Kier alpha value is -1.93. The quantitative estimate of drug-likeness (QED) is 0.428. The maximum absolute atomic E-state index is 12.5. The molecule has 0 fully saturated rings. The van der Waals surface area contributed by atoms with Crippen molar-refractivity contribution in [2.24, 2.45) is 0 Å². The molecule has 28 heavy (non-hydrogen) atoms. The van der Waals surface area contributed by atoms with Gasteiger partial charge in [-0.3, -0.25) is 4.79 Å². The first-order valence-electron chi connectivity index (χ1n) is 9.46. The summed E-state index contributed by atoms with van der Waals surface area (Å²) in [7, 11) is 0. The number of carbonyl (C=O) groups excluding carboxylic acids is 2. The van der Waals surface area contributed by atoms with E-state index < -0.39 is 5.97 Å². The van der Waals surface area contributed by atoms with Crippen LogP contribution in [0.5, 0.6) is 0 Å². The average molecular weight is 420 g/mol. The van der Waals surface area contributed by atoms with E-state index in [1.165, 1.54) is 35.1 Å². The fourth-order valence-corrected chi connectivity index (χ4v) is 5.05. The fourth-order valence-electron chi connectivity index (χ4n) is 3.28. The Morgan fingerprint density at radius 1 is 1.18 bits per heavy atom. The molecule has 0 spiro atoms. The highest BCUT2D eigenvalue weighted by Gasteiger charge is 2.22. The van der Waals surface area contributed by atoms with Gasteiger partial charge >= 0.3 is 5.97 Å². The fraction of sp³-hybridized carbons (Fsp3) is 0.500. The molecule has 3 rings (SSSR count). The molecule has 2 aromatic rings. The van der Waals surface area contributed by atoms with Gasteiger partial charge in [0.05, 0.1) is 17.9 Å². The molecule has 150 valence electrons. The van der Waals surface area contributed by atoms with Gasteiger partial charge in [0.15, 0.2) is 5.16 Å². The van der Waals surface area contributed by atoms with Gasteiger partial charge in [-0.1, -0.05) is 11.8 Å². The maximum Gasteiger partial charge on any atom is 0.341 e. The molecule has 0 aliphatic heterocycles. The summed E-state index contributed by atoms with van der Waals surface area (Å²) in [6.07, 6.45) is 4.37. The lowest BCUT2D eigenvalue weighted by atomic mass is 9.95. The van der Waals surface area contributed by atoms with Crippen LogP contribution in [-0.4, -0.2) is 34.2 Å². The van der Waals surface area contributed by atoms with Crippen LogP contribution in [0.1, 0.15) is 57.5 Å². The predicted molar refractivity (Wildman–Crippen MR) is 113 cm³/mol. The highest BCUT2D eigenvalue weighted by atomic mass is 32.2. The molecular weight excluding hydrogens is 394 g/mol. The lowest BCUT2D eigenvalue weighted by molar-refractivity contribution is -0.113. The highest BCUT2D eigenvalue weighted by Crippen LogP contribution is 2.33. The number of anilines is 1. The minimum absolute atomic E-state index is 0.184. The molecule has 8 heteroatoms. The summed E-state index contributed by atoms with van der Waals surface area (Å²) in [5.74, 6) is -0.395. The number of esters is 1. The van der Waals surface area contributed by atoms with Gasteiger partial charge in [-0.15, -0.1) is 11.3 Å². The molecule has 1 aliphatic rings. The second-order valence-electron chi connectivity index (χ2n) is 6.77. The number of carbonyl (C=O) groups is 2. The second kappa shape index (κ2) is 9.05. The molecule has 0 saturated heterocycles. The standard InChI is InChI=1S/C20H25N3O3S2/c1-5-26-19(25)17-11(2)13(4)28-18(17)23-16(24)10-27-20-21-12(3)14-8-6-7-9-15(14)22-20/h5-10H2,1-4H3,(H,23,24). The van der Waals surface area contributed by atoms with Gasteiger partial charge in [0.25, 0.3) is 0 Å². The number of hydrogen-bond donors (Lipinski definition) is 1. The van der Waals surface area contributed by atoms with Gasteiger partial charge < -0.3 is 10.1 Å². The Bertz CT molecular complexity index is 909. The van der Waals surface area contributed by atoms with Crippen molar-refractivity contribution < 1.29 is 14.3 Å². The summed E-state index contributed by atoms with van der Waals surface area (Å²) in [5.41, 5.74) is 4.70. The van der Waals surface area contributed by atoms with Crippen LogP contribution >= 0.6 is 23.1 Å². The smallest absolute Gasteiger partial charge is 0.341 e. The Morgan fingerprint density at radius 2 is 1.93 bits per heavy atom. The predicted octanol–water partition coefficient (Wildman–Crippen LogP) is 4.25. The summed E-state index contributed by atoms with van der Waals surface area (Å²) in [6, 6.07) is 0. The SMILES string of the molecule is CCOC(=O)c1c(NC(=O)CSc2nc(C)c3c(n2)CCCC3)sc(C)c1C. The summed E-state index contributed by atoms with van der Waals surface area (Å²) < 4.78 is 5.13. The molecule has 6 nitrogen and oxygen atoms in total. The molecule has 2 heterocycles. The van der Waals surface area contributed by atoms with Crippen LogP contribution in [0.2, 0.25) is 0 Å². The van der Waals surface area contributed by atoms with Crippen LogP contribution in [0.25, 0.3) is 0 Å². The van der Waals surface area contributed by atoms with Crippen LogP contribution < -0.4 is 5.32 Å². The molecule has 0 bridgehead atoms. The average Bonchev–Trinajstić information content (AvgIpc) is 2.94. The van der Waals surface area contributed by atoms with Crippen LogP contribution in [0, 0.1) is 20.8 Å². The molecule has 0 atom stereocenters. The van der Waals surface area contributed by atoms with E-state index in [1.807, 2.05) is 20.8 Å². The van der Waals surface area contributed by atoms with E-state index >= 15 is 0 Å². The van der Waals surface area contributed by atoms with Crippen LogP contribution in [0.3, 0.4) is 0 Å². The molecule has 0 unspecified atom stereocenters. The van der Waals surface area contributed by atoms with Crippen LogP contribution in [-0.2, 0) is 22.4 Å². The molecule has 0 aromatic carbocycles. The number of rotatable bonds is 6. The Kier molecular flexibility index (Phi) is 6.72.